The number of carbonyl (C=O) groups excluding carboxylic acids is 1. The molecule has 0 saturated carbocycles. The Morgan fingerprint density at radius 1 is 1.25 bits per heavy atom. The summed E-state index contributed by atoms with van der Waals surface area (Å²) in [6.07, 6.45) is 1.56. The van der Waals surface area contributed by atoms with Gasteiger partial charge >= 0.3 is 5.97 Å². The van der Waals surface area contributed by atoms with Crippen molar-refractivity contribution in [2.75, 3.05) is 0 Å². The first kappa shape index (κ1) is 14.3. The highest BCUT2D eigenvalue weighted by Gasteiger charge is 2.22. The van der Waals surface area contributed by atoms with Crippen LogP contribution in [-0.4, -0.2) is 23.0 Å². The topological polar surface area (TPSA) is 79.5 Å². The van der Waals surface area contributed by atoms with E-state index in [1.165, 1.54) is 12.3 Å². The number of amides is 1. The molecule has 1 heterocycles. The Labute approximate surface area is 123 Å². The summed E-state index contributed by atoms with van der Waals surface area (Å²) in [4.78, 5) is 23.0. The van der Waals surface area contributed by atoms with Gasteiger partial charge in [-0.2, -0.15) is 0 Å². The molecule has 104 valence electrons. The molecule has 1 aromatic carbocycles. The maximum atomic E-state index is 11.8. The second-order valence-corrected chi connectivity index (χ2v) is 5.09. The van der Waals surface area contributed by atoms with E-state index in [0.29, 0.717) is 0 Å². The minimum absolute atomic E-state index is 0.0899. The fourth-order valence-electron chi connectivity index (χ4n) is 1.69. The smallest absolute Gasteiger partial charge is 0.326 e. The fourth-order valence-corrected chi connectivity index (χ4v) is 1.96. The summed E-state index contributed by atoms with van der Waals surface area (Å²) < 4.78 is 5.84. The van der Waals surface area contributed by atoms with E-state index in [-0.39, 0.29) is 12.2 Å². The molecule has 5 nitrogen and oxygen atoms in total. The monoisotopic (exact) mass is 337 g/mol. The molecule has 0 saturated heterocycles. The molecule has 0 unspecified atom stereocenters. The van der Waals surface area contributed by atoms with Crippen LogP contribution in [0.15, 0.2) is 51.6 Å². The molecule has 0 spiro atoms. The standard InChI is InChI=1S/C14H12BrNO4/c15-10-5-3-9(4-6-10)8-11(14(18)19)16-13(17)12-2-1-7-20-12/h1-7,11H,8H2,(H,16,17)(H,18,19)/t11-/m1/s1. The highest BCUT2D eigenvalue weighted by atomic mass is 79.9. The molecule has 1 atom stereocenters. The molecule has 0 aliphatic rings. The molecule has 20 heavy (non-hydrogen) atoms. The van der Waals surface area contributed by atoms with E-state index < -0.39 is 17.9 Å². The van der Waals surface area contributed by atoms with Gasteiger partial charge in [0.25, 0.3) is 5.91 Å². The summed E-state index contributed by atoms with van der Waals surface area (Å²) in [6.45, 7) is 0. The number of hydrogen-bond acceptors (Lipinski definition) is 3. The predicted octanol–water partition coefficient (Wildman–Crippen LogP) is 2.47. The lowest BCUT2D eigenvalue weighted by molar-refractivity contribution is -0.139. The lowest BCUT2D eigenvalue weighted by Gasteiger charge is -2.13. The zero-order valence-corrected chi connectivity index (χ0v) is 12.0. The van der Waals surface area contributed by atoms with E-state index in [1.54, 1.807) is 18.2 Å². The van der Waals surface area contributed by atoms with Gasteiger partial charge in [-0.1, -0.05) is 28.1 Å². The van der Waals surface area contributed by atoms with E-state index in [2.05, 4.69) is 21.2 Å². The number of carbonyl (C=O) groups is 2. The Morgan fingerprint density at radius 3 is 2.50 bits per heavy atom. The second kappa shape index (κ2) is 6.38. The van der Waals surface area contributed by atoms with Crippen LogP contribution in [0.4, 0.5) is 0 Å². The van der Waals surface area contributed by atoms with Crippen molar-refractivity contribution >= 4 is 27.8 Å². The zero-order chi connectivity index (χ0) is 14.5. The first-order chi connectivity index (χ1) is 9.56. The van der Waals surface area contributed by atoms with Gasteiger partial charge in [0.1, 0.15) is 6.04 Å². The second-order valence-electron chi connectivity index (χ2n) is 4.17. The van der Waals surface area contributed by atoms with Crippen molar-refractivity contribution in [1.29, 1.82) is 0 Å². The van der Waals surface area contributed by atoms with Crippen LogP contribution in [-0.2, 0) is 11.2 Å². The Kier molecular flexibility index (Phi) is 4.57. The summed E-state index contributed by atoms with van der Waals surface area (Å²) in [5.74, 6) is -1.54. The summed E-state index contributed by atoms with van der Waals surface area (Å²) in [7, 11) is 0. The number of aliphatic carboxylic acids is 1. The number of furan rings is 1. The fraction of sp³-hybridized carbons (Fsp3) is 0.143. The molecule has 1 aromatic heterocycles. The average Bonchev–Trinajstić information content (AvgIpc) is 2.94. The van der Waals surface area contributed by atoms with Crippen molar-refractivity contribution in [2.24, 2.45) is 0 Å². The number of carboxylic acid groups (broad SMARTS) is 1. The number of carboxylic acids is 1. The van der Waals surface area contributed by atoms with Gasteiger partial charge in [-0.3, -0.25) is 4.79 Å². The summed E-state index contributed by atoms with van der Waals surface area (Å²) in [5.41, 5.74) is 0.820. The number of nitrogens with one attached hydrogen (secondary N) is 1. The van der Waals surface area contributed by atoms with Gasteiger partial charge in [-0.05, 0) is 29.8 Å². The van der Waals surface area contributed by atoms with Crippen molar-refractivity contribution in [3.05, 3.63) is 58.5 Å². The SMILES string of the molecule is O=C(N[C@H](Cc1ccc(Br)cc1)C(=O)O)c1ccco1. The molecule has 0 bridgehead atoms. The van der Waals surface area contributed by atoms with Gasteiger partial charge in [-0.15, -0.1) is 0 Å². The Morgan fingerprint density at radius 2 is 1.95 bits per heavy atom. The number of hydrogen-bond donors (Lipinski definition) is 2. The Bertz CT molecular complexity index is 592. The van der Waals surface area contributed by atoms with Crippen LogP contribution in [0.3, 0.4) is 0 Å². The van der Waals surface area contributed by atoms with Gasteiger partial charge in [0, 0.05) is 10.9 Å². The minimum Gasteiger partial charge on any atom is -0.480 e. The van der Waals surface area contributed by atoms with Crippen LogP contribution in [0.25, 0.3) is 0 Å². The van der Waals surface area contributed by atoms with Gasteiger partial charge in [0.15, 0.2) is 5.76 Å². The maximum Gasteiger partial charge on any atom is 0.326 e. The van der Waals surface area contributed by atoms with Crippen LogP contribution >= 0.6 is 15.9 Å². The third-order valence-electron chi connectivity index (χ3n) is 2.70. The molecule has 2 rings (SSSR count). The predicted molar refractivity (Wildman–Crippen MR) is 75.4 cm³/mol. The number of halogens is 1. The van der Waals surface area contributed by atoms with E-state index in [9.17, 15) is 14.7 Å². The quantitative estimate of drug-likeness (QED) is 0.878. The van der Waals surface area contributed by atoms with E-state index in [4.69, 9.17) is 4.42 Å². The third kappa shape index (κ3) is 3.71. The third-order valence-corrected chi connectivity index (χ3v) is 3.23. The first-order valence-electron chi connectivity index (χ1n) is 5.88. The van der Waals surface area contributed by atoms with Crippen LogP contribution in [0.5, 0.6) is 0 Å². The van der Waals surface area contributed by atoms with Crippen LogP contribution in [0.1, 0.15) is 16.1 Å². The normalized spacial score (nSPS) is 11.8. The minimum atomic E-state index is -1.09. The molecule has 0 fully saturated rings. The molecule has 0 aliphatic heterocycles. The largest absolute Gasteiger partial charge is 0.480 e. The molecule has 2 aromatic rings. The van der Waals surface area contributed by atoms with Gasteiger partial charge in [0.2, 0.25) is 0 Å². The van der Waals surface area contributed by atoms with Crippen molar-refractivity contribution in [2.45, 2.75) is 12.5 Å². The van der Waals surface area contributed by atoms with Gasteiger partial charge in [-0.25, -0.2) is 4.79 Å². The molecule has 6 heteroatoms. The van der Waals surface area contributed by atoms with Crippen LogP contribution in [0, 0.1) is 0 Å². The maximum absolute atomic E-state index is 11.8. The first-order valence-corrected chi connectivity index (χ1v) is 6.67. The zero-order valence-electron chi connectivity index (χ0n) is 10.4. The van der Waals surface area contributed by atoms with Crippen LogP contribution < -0.4 is 5.32 Å². The Hall–Kier alpha value is -2.08. The number of benzene rings is 1. The van der Waals surface area contributed by atoms with Crippen molar-refractivity contribution < 1.29 is 19.1 Å². The van der Waals surface area contributed by atoms with Crippen molar-refractivity contribution in [3.63, 3.8) is 0 Å². The molecular weight excluding hydrogens is 326 g/mol. The highest BCUT2D eigenvalue weighted by Crippen LogP contribution is 2.12. The molecule has 0 radical (unpaired) electrons. The summed E-state index contributed by atoms with van der Waals surface area (Å²) >= 11 is 3.31. The van der Waals surface area contributed by atoms with E-state index in [0.717, 1.165) is 10.0 Å². The molecular formula is C14H12BrNO4. The van der Waals surface area contributed by atoms with Crippen molar-refractivity contribution in [3.8, 4) is 0 Å². The summed E-state index contributed by atoms with van der Waals surface area (Å²) in [5, 5.41) is 11.6. The number of rotatable bonds is 5. The van der Waals surface area contributed by atoms with E-state index >= 15 is 0 Å². The van der Waals surface area contributed by atoms with Gasteiger partial charge in [0.05, 0.1) is 6.26 Å². The Balaban J connectivity index is 2.06. The van der Waals surface area contributed by atoms with Gasteiger partial charge < -0.3 is 14.8 Å². The average molecular weight is 338 g/mol. The van der Waals surface area contributed by atoms with E-state index in [1.807, 2.05) is 12.1 Å². The van der Waals surface area contributed by atoms with Crippen LogP contribution in [0.2, 0.25) is 0 Å². The van der Waals surface area contributed by atoms with Crippen molar-refractivity contribution in [1.82, 2.24) is 5.32 Å². The lowest BCUT2D eigenvalue weighted by atomic mass is 10.1. The highest BCUT2D eigenvalue weighted by molar-refractivity contribution is 9.10. The molecule has 0 aliphatic carbocycles. The lowest BCUT2D eigenvalue weighted by Crippen LogP contribution is -2.42. The molecule has 1 amide bonds. The molecule has 2 N–H and O–H groups in total. The summed E-state index contributed by atoms with van der Waals surface area (Å²) in [6, 6.07) is 9.30.